The summed E-state index contributed by atoms with van der Waals surface area (Å²) in [7, 11) is 0. The van der Waals surface area contributed by atoms with Crippen LogP contribution in [0.5, 0.6) is 11.5 Å². The second-order valence-corrected chi connectivity index (χ2v) is 3.50. The van der Waals surface area contributed by atoms with Crippen LogP contribution in [0.3, 0.4) is 0 Å². The van der Waals surface area contributed by atoms with Crippen LogP contribution in [0.15, 0.2) is 18.2 Å². The van der Waals surface area contributed by atoms with E-state index in [1.807, 2.05) is 6.92 Å². The van der Waals surface area contributed by atoms with Crippen molar-refractivity contribution in [3.05, 3.63) is 23.8 Å². The Morgan fingerprint density at radius 1 is 1.47 bits per heavy atom. The van der Waals surface area contributed by atoms with Crippen molar-refractivity contribution < 1.29 is 10.2 Å². The lowest BCUT2D eigenvalue weighted by molar-refractivity contribution is 0.441. The Morgan fingerprint density at radius 3 is 2.80 bits per heavy atom. The number of phenolic OH excluding ortho intramolecular Hbond substituents is 2. The molecule has 0 spiro atoms. The summed E-state index contributed by atoms with van der Waals surface area (Å²) in [6.07, 6.45) is 5.83. The van der Waals surface area contributed by atoms with Gasteiger partial charge in [0, 0.05) is 30.6 Å². The van der Waals surface area contributed by atoms with E-state index in [0.717, 1.165) is 5.56 Å². The normalized spacial score (nSPS) is 12.0. The molecule has 80 valence electrons. The maximum Gasteiger partial charge on any atom is 0.123 e. The molecule has 1 aromatic rings. The minimum absolute atomic E-state index is 0.0629. The van der Waals surface area contributed by atoms with Crippen LogP contribution in [0.2, 0.25) is 0 Å². The molecule has 0 aliphatic rings. The number of aromatic hydroxyl groups is 2. The van der Waals surface area contributed by atoms with Gasteiger partial charge in [-0.05, 0) is 13.0 Å². The number of hydrogen-bond acceptors (Lipinski definition) is 3. The van der Waals surface area contributed by atoms with Crippen molar-refractivity contribution in [1.82, 2.24) is 5.32 Å². The maximum atomic E-state index is 9.49. The molecular formula is C12H15NO2. The molecule has 0 saturated heterocycles. The molecule has 1 aromatic carbocycles. The van der Waals surface area contributed by atoms with Gasteiger partial charge in [-0.3, -0.25) is 0 Å². The fraction of sp³-hybridized carbons (Fsp3) is 0.333. The summed E-state index contributed by atoms with van der Waals surface area (Å²) in [4.78, 5) is 0. The number of benzene rings is 1. The molecule has 1 unspecified atom stereocenters. The molecule has 0 amide bonds. The SMILES string of the molecule is C#CCC(C)NCc1ccc(O)cc1O. The minimum atomic E-state index is 0.0629. The molecule has 1 rings (SSSR count). The average Bonchev–Trinajstić information content (AvgIpc) is 2.17. The number of nitrogens with one attached hydrogen (secondary N) is 1. The molecule has 1 atom stereocenters. The zero-order chi connectivity index (χ0) is 11.3. The molecule has 0 bridgehead atoms. The minimum Gasteiger partial charge on any atom is -0.508 e. The standard InChI is InChI=1S/C12H15NO2/c1-3-4-9(2)13-8-10-5-6-11(14)7-12(10)15/h1,5-7,9,13-15H,4,8H2,2H3. The lowest BCUT2D eigenvalue weighted by Crippen LogP contribution is -2.24. The highest BCUT2D eigenvalue weighted by Crippen LogP contribution is 2.22. The largest absolute Gasteiger partial charge is 0.508 e. The molecule has 0 radical (unpaired) electrons. The number of rotatable bonds is 4. The second-order valence-electron chi connectivity index (χ2n) is 3.50. The third-order valence-electron chi connectivity index (χ3n) is 2.13. The topological polar surface area (TPSA) is 52.5 Å². The van der Waals surface area contributed by atoms with Gasteiger partial charge >= 0.3 is 0 Å². The first kappa shape index (κ1) is 11.4. The summed E-state index contributed by atoms with van der Waals surface area (Å²) in [6.45, 7) is 2.52. The van der Waals surface area contributed by atoms with Gasteiger partial charge in [-0.1, -0.05) is 6.07 Å². The van der Waals surface area contributed by atoms with Crippen molar-refractivity contribution in [3.8, 4) is 23.8 Å². The zero-order valence-electron chi connectivity index (χ0n) is 8.70. The van der Waals surface area contributed by atoms with Crippen molar-refractivity contribution in [2.75, 3.05) is 0 Å². The summed E-state index contributed by atoms with van der Waals surface area (Å²) in [5, 5.41) is 21.8. The molecule has 0 aliphatic carbocycles. The first-order valence-electron chi connectivity index (χ1n) is 4.81. The highest BCUT2D eigenvalue weighted by Gasteiger charge is 2.04. The fourth-order valence-electron chi connectivity index (χ4n) is 1.23. The van der Waals surface area contributed by atoms with Gasteiger partial charge in [0.2, 0.25) is 0 Å². The summed E-state index contributed by atoms with van der Waals surface area (Å²) >= 11 is 0. The Hall–Kier alpha value is -1.66. The summed E-state index contributed by atoms with van der Waals surface area (Å²) in [5.74, 6) is 2.72. The summed E-state index contributed by atoms with van der Waals surface area (Å²) in [6, 6.07) is 4.76. The molecule has 3 N–H and O–H groups in total. The first-order valence-corrected chi connectivity index (χ1v) is 4.81. The highest BCUT2D eigenvalue weighted by molar-refractivity contribution is 5.38. The van der Waals surface area contributed by atoms with Crippen molar-refractivity contribution >= 4 is 0 Å². The van der Waals surface area contributed by atoms with Gasteiger partial charge in [0.1, 0.15) is 11.5 Å². The van der Waals surface area contributed by atoms with E-state index in [4.69, 9.17) is 11.5 Å². The van der Waals surface area contributed by atoms with Crippen LogP contribution in [-0.2, 0) is 6.54 Å². The quantitative estimate of drug-likeness (QED) is 0.654. The van der Waals surface area contributed by atoms with Crippen LogP contribution in [-0.4, -0.2) is 16.3 Å². The van der Waals surface area contributed by atoms with Crippen molar-refractivity contribution in [3.63, 3.8) is 0 Å². The van der Waals surface area contributed by atoms with Crippen LogP contribution < -0.4 is 5.32 Å². The predicted octanol–water partition coefficient (Wildman–Crippen LogP) is 1.60. The molecule has 0 aromatic heterocycles. The van der Waals surface area contributed by atoms with E-state index >= 15 is 0 Å². The predicted molar refractivity (Wildman–Crippen MR) is 59.5 cm³/mol. The van der Waals surface area contributed by atoms with Gasteiger partial charge in [0.15, 0.2) is 0 Å². The molecular weight excluding hydrogens is 190 g/mol. The number of hydrogen-bond donors (Lipinski definition) is 3. The van der Waals surface area contributed by atoms with Crippen LogP contribution >= 0.6 is 0 Å². The van der Waals surface area contributed by atoms with Gasteiger partial charge in [-0.2, -0.15) is 0 Å². The number of terminal acetylenes is 1. The zero-order valence-corrected chi connectivity index (χ0v) is 8.70. The van der Waals surface area contributed by atoms with Gasteiger partial charge < -0.3 is 15.5 Å². The van der Waals surface area contributed by atoms with Crippen LogP contribution in [0.4, 0.5) is 0 Å². The van der Waals surface area contributed by atoms with Gasteiger partial charge in [-0.25, -0.2) is 0 Å². The summed E-state index contributed by atoms with van der Waals surface area (Å²) in [5.41, 5.74) is 0.747. The van der Waals surface area contributed by atoms with E-state index in [1.165, 1.54) is 6.07 Å². The van der Waals surface area contributed by atoms with E-state index in [-0.39, 0.29) is 17.5 Å². The highest BCUT2D eigenvalue weighted by atomic mass is 16.3. The molecule has 3 heteroatoms. The average molecular weight is 205 g/mol. The molecule has 0 fully saturated rings. The number of phenols is 2. The van der Waals surface area contributed by atoms with Crippen LogP contribution in [0, 0.1) is 12.3 Å². The van der Waals surface area contributed by atoms with Gasteiger partial charge in [0.25, 0.3) is 0 Å². The van der Waals surface area contributed by atoms with E-state index < -0.39 is 0 Å². The van der Waals surface area contributed by atoms with E-state index in [9.17, 15) is 5.11 Å². The lowest BCUT2D eigenvalue weighted by Gasteiger charge is -2.11. The molecule has 15 heavy (non-hydrogen) atoms. The third kappa shape index (κ3) is 3.53. The van der Waals surface area contributed by atoms with Gasteiger partial charge in [-0.15, -0.1) is 12.3 Å². The van der Waals surface area contributed by atoms with Crippen LogP contribution in [0.1, 0.15) is 18.9 Å². The monoisotopic (exact) mass is 205 g/mol. The summed E-state index contributed by atoms with van der Waals surface area (Å²) < 4.78 is 0. The molecule has 0 saturated carbocycles. The van der Waals surface area contributed by atoms with Crippen LogP contribution in [0.25, 0.3) is 0 Å². The van der Waals surface area contributed by atoms with E-state index in [2.05, 4.69) is 11.2 Å². The fourth-order valence-corrected chi connectivity index (χ4v) is 1.23. The van der Waals surface area contributed by atoms with E-state index in [1.54, 1.807) is 12.1 Å². The van der Waals surface area contributed by atoms with Crippen molar-refractivity contribution in [2.45, 2.75) is 25.9 Å². The first-order chi connectivity index (χ1) is 7.13. The Bertz CT molecular complexity index is 368. The molecule has 0 heterocycles. The Kier molecular flexibility index (Phi) is 4.02. The van der Waals surface area contributed by atoms with Gasteiger partial charge in [0.05, 0.1) is 0 Å². The lowest BCUT2D eigenvalue weighted by atomic mass is 10.1. The third-order valence-corrected chi connectivity index (χ3v) is 2.13. The smallest absolute Gasteiger partial charge is 0.123 e. The van der Waals surface area contributed by atoms with Crippen molar-refractivity contribution in [2.24, 2.45) is 0 Å². The maximum absolute atomic E-state index is 9.49. The Balaban J connectivity index is 2.55. The Labute approximate surface area is 89.8 Å². The molecule has 0 aliphatic heterocycles. The van der Waals surface area contributed by atoms with E-state index in [0.29, 0.717) is 13.0 Å². The Morgan fingerprint density at radius 2 is 2.20 bits per heavy atom. The van der Waals surface area contributed by atoms with Crippen molar-refractivity contribution in [1.29, 1.82) is 0 Å². The second kappa shape index (κ2) is 5.28. The molecule has 3 nitrogen and oxygen atoms in total.